The quantitative estimate of drug-likeness (QED) is 0.296. The molecule has 5 aromatic rings. The molecule has 1 heterocycles. The number of aromatic amines is 1. The number of hydrogen-bond donors (Lipinski definition) is 1. The number of nitrogens with zero attached hydrogens (tertiary/aromatic N) is 1. The molecule has 0 fully saturated rings. The SMILES string of the molecule is Cc1ccc(S(C)(=O)=O)c(-c2ccc(N(C)C)cc2)c1-c1c(-c2ccccc2)[nH]c2ccccc12. The van der Waals surface area contributed by atoms with Crippen LogP contribution in [0, 0.1) is 6.92 Å². The first-order valence-corrected chi connectivity index (χ1v) is 13.4. The molecule has 4 aromatic carbocycles. The zero-order valence-corrected chi connectivity index (χ0v) is 21.1. The third-order valence-corrected chi connectivity index (χ3v) is 7.60. The van der Waals surface area contributed by atoms with Crippen molar-refractivity contribution in [3.8, 4) is 33.5 Å². The predicted molar refractivity (Wildman–Crippen MR) is 147 cm³/mol. The zero-order chi connectivity index (χ0) is 24.7. The van der Waals surface area contributed by atoms with Gasteiger partial charge in [-0.3, -0.25) is 0 Å². The summed E-state index contributed by atoms with van der Waals surface area (Å²) in [5.41, 5.74) is 8.68. The summed E-state index contributed by atoms with van der Waals surface area (Å²) in [6, 6.07) is 30.1. The number of sulfone groups is 1. The van der Waals surface area contributed by atoms with E-state index in [1.54, 1.807) is 6.07 Å². The number of anilines is 1. The molecule has 176 valence electrons. The number of aryl methyl sites for hydroxylation is 1. The molecule has 5 heteroatoms. The Morgan fingerprint density at radius 2 is 1.34 bits per heavy atom. The van der Waals surface area contributed by atoms with E-state index < -0.39 is 9.84 Å². The Labute approximate surface area is 206 Å². The summed E-state index contributed by atoms with van der Waals surface area (Å²) in [5, 5.41) is 1.06. The summed E-state index contributed by atoms with van der Waals surface area (Å²) in [4.78, 5) is 5.98. The van der Waals surface area contributed by atoms with Crippen molar-refractivity contribution in [2.75, 3.05) is 25.3 Å². The largest absolute Gasteiger partial charge is 0.378 e. The highest BCUT2D eigenvalue weighted by Gasteiger charge is 2.25. The highest BCUT2D eigenvalue weighted by molar-refractivity contribution is 7.90. The van der Waals surface area contributed by atoms with Crippen LogP contribution in [0.5, 0.6) is 0 Å². The number of para-hydroxylation sites is 1. The minimum absolute atomic E-state index is 0.333. The third kappa shape index (κ3) is 4.13. The molecule has 0 aliphatic heterocycles. The highest BCUT2D eigenvalue weighted by Crippen LogP contribution is 2.46. The van der Waals surface area contributed by atoms with Crippen LogP contribution < -0.4 is 4.90 Å². The lowest BCUT2D eigenvalue weighted by Gasteiger charge is -2.19. The Balaban J connectivity index is 1.92. The molecule has 0 saturated carbocycles. The number of H-pyrrole nitrogens is 1. The van der Waals surface area contributed by atoms with Gasteiger partial charge in [0.1, 0.15) is 0 Å². The minimum atomic E-state index is -3.49. The van der Waals surface area contributed by atoms with Crippen LogP contribution in [0.15, 0.2) is 95.9 Å². The Morgan fingerprint density at radius 3 is 2.00 bits per heavy atom. The van der Waals surface area contributed by atoms with Gasteiger partial charge in [-0.15, -0.1) is 0 Å². The summed E-state index contributed by atoms with van der Waals surface area (Å²) >= 11 is 0. The first-order valence-electron chi connectivity index (χ1n) is 11.5. The van der Waals surface area contributed by atoms with Crippen molar-refractivity contribution in [1.82, 2.24) is 4.98 Å². The van der Waals surface area contributed by atoms with Crippen LogP contribution >= 0.6 is 0 Å². The molecule has 4 nitrogen and oxygen atoms in total. The predicted octanol–water partition coefficient (Wildman–Crippen LogP) is 6.95. The number of hydrogen-bond acceptors (Lipinski definition) is 3. The van der Waals surface area contributed by atoms with Gasteiger partial charge in [-0.25, -0.2) is 8.42 Å². The minimum Gasteiger partial charge on any atom is -0.378 e. The fraction of sp³-hybridized carbons (Fsp3) is 0.133. The second-order valence-corrected chi connectivity index (χ2v) is 11.1. The maximum Gasteiger partial charge on any atom is 0.176 e. The molecule has 0 radical (unpaired) electrons. The van der Waals surface area contributed by atoms with Crippen molar-refractivity contribution >= 4 is 26.4 Å². The van der Waals surface area contributed by atoms with E-state index in [0.29, 0.717) is 4.90 Å². The Hall–Kier alpha value is -3.83. The van der Waals surface area contributed by atoms with Gasteiger partial charge in [-0.2, -0.15) is 0 Å². The van der Waals surface area contributed by atoms with E-state index in [1.165, 1.54) is 6.26 Å². The van der Waals surface area contributed by atoms with Gasteiger partial charge in [0.2, 0.25) is 0 Å². The van der Waals surface area contributed by atoms with Crippen LogP contribution in [-0.4, -0.2) is 33.8 Å². The van der Waals surface area contributed by atoms with Crippen LogP contribution in [0.25, 0.3) is 44.4 Å². The smallest absolute Gasteiger partial charge is 0.176 e. The first-order chi connectivity index (χ1) is 16.8. The topological polar surface area (TPSA) is 53.2 Å². The average Bonchev–Trinajstić information content (AvgIpc) is 3.23. The maximum absolute atomic E-state index is 13.0. The molecule has 0 atom stereocenters. The van der Waals surface area contributed by atoms with Gasteiger partial charge < -0.3 is 9.88 Å². The summed E-state index contributed by atoms with van der Waals surface area (Å²) < 4.78 is 26.1. The second-order valence-electron chi connectivity index (χ2n) is 9.13. The third-order valence-electron chi connectivity index (χ3n) is 6.47. The van der Waals surface area contributed by atoms with Gasteiger partial charge in [-0.05, 0) is 53.4 Å². The van der Waals surface area contributed by atoms with Crippen LogP contribution in [0.2, 0.25) is 0 Å². The van der Waals surface area contributed by atoms with E-state index in [2.05, 4.69) is 36.2 Å². The molecule has 35 heavy (non-hydrogen) atoms. The summed E-state index contributed by atoms with van der Waals surface area (Å²) in [6.07, 6.45) is 1.28. The molecule has 5 rings (SSSR count). The van der Waals surface area contributed by atoms with E-state index in [4.69, 9.17) is 0 Å². The molecular weight excluding hydrogens is 452 g/mol. The van der Waals surface area contributed by atoms with Crippen molar-refractivity contribution in [3.63, 3.8) is 0 Å². The Kier molecular flexibility index (Phi) is 5.73. The number of fused-ring (bicyclic) bond motifs is 1. The molecule has 0 bridgehead atoms. The number of benzene rings is 4. The van der Waals surface area contributed by atoms with Gasteiger partial charge in [0.25, 0.3) is 0 Å². The lowest BCUT2D eigenvalue weighted by Crippen LogP contribution is -2.08. The maximum atomic E-state index is 13.0. The summed E-state index contributed by atoms with van der Waals surface area (Å²) in [7, 11) is 0.497. The van der Waals surface area contributed by atoms with Gasteiger partial charge in [-0.1, -0.05) is 66.7 Å². The second kappa shape index (κ2) is 8.75. The van der Waals surface area contributed by atoms with Crippen molar-refractivity contribution in [2.24, 2.45) is 0 Å². The van der Waals surface area contributed by atoms with Gasteiger partial charge >= 0.3 is 0 Å². The molecule has 1 N–H and O–H groups in total. The van der Waals surface area contributed by atoms with Crippen molar-refractivity contribution in [3.05, 3.63) is 96.6 Å². The van der Waals surface area contributed by atoms with E-state index in [1.807, 2.05) is 79.7 Å². The van der Waals surface area contributed by atoms with E-state index in [0.717, 1.165) is 55.7 Å². The van der Waals surface area contributed by atoms with Gasteiger partial charge in [0.15, 0.2) is 9.84 Å². The van der Waals surface area contributed by atoms with E-state index in [9.17, 15) is 8.42 Å². The lowest BCUT2D eigenvalue weighted by molar-refractivity contribution is 0.602. The number of aromatic nitrogens is 1. The fourth-order valence-corrected chi connectivity index (χ4v) is 5.66. The standard InChI is InChI=1S/C30H28N2O2S/c1-20-14-19-26(35(4,33)34)28(21-15-17-23(18-16-21)32(2)3)27(20)29-24-12-8-9-13-25(24)31-30(29)22-10-6-5-7-11-22/h5-19,31H,1-4H3. The highest BCUT2D eigenvalue weighted by atomic mass is 32.2. The molecule has 0 saturated heterocycles. The molecule has 0 aliphatic carbocycles. The Bertz CT molecular complexity index is 1630. The van der Waals surface area contributed by atoms with E-state index >= 15 is 0 Å². The van der Waals surface area contributed by atoms with Crippen LogP contribution in [0.3, 0.4) is 0 Å². The van der Waals surface area contributed by atoms with Crippen molar-refractivity contribution < 1.29 is 8.42 Å². The molecule has 0 spiro atoms. The summed E-state index contributed by atoms with van der Waals surface area (Å²) in [5.74, 6) is 0. The van der Waals surface area contributed by atoms with Gasteiger partial charge in [0, 0.05) is 48.1 Å². The lowest BCUT2D eigenvalue weighted by atomic mass is 9.88. The van der Waals surface area contributed by atoms with Crippen LogP contribution in [0.1, 0.15) is 5.56 Å². The van der Waals surface area contributed by atoms with Crippen LogP contribution in [-0.2, 0) is 9.84 Å². The molecule has 0 unspecified atom stereocenters. The van der Waals surface area contributed by atoms with Crippen molar-refractivity contribution in [1.29, 1.82) is 0 Å². The van der Waals surface area contributed by atoms with Crippen molar-refractivity contribution in [2.45, 2.75) is 11.8 Å². The van der Waals surface area contributed by atoms with Crippen LogP contribution in [0.4, 0.5) is 5.69 Å². The molecule has 1 aromatic heterocycles. The van der Waals surface area contributed by atoms with E-state index in [-0.39, 0.29) is 0 Å². The number of nitrogens with one attached hydrogen (secondary N) is 1. The van der Waals surface area contributed by atoms with Gasteiger partial charge in [0.05, 0.1) is 10.6 Å². The fourth-order valence-electron chi connectivity index (χ4n) is 4.75. The first kappa shape index (κ1) is 22.9. The molecule has 0 amide bonds. The average molecular weight is 481 g/mol. The Morgan fingerprint density at radius 1 is 0.686 bits per heavy atom. The molecule has 0 aliphatic rings. The molecular formula is C30H28N2O2S. The zero-order valence-electron chi connectivity index (χ0n) is 20.3. The number of rotatable bonds is 5. The summed E-state index contributed by atoms with van der Waals surface area (Å²) in [6.45, 7) is 2.05. The monoisotopic (exact) mass is 480 g/mol. The normalized spacial score (nSPS) is 11.7.